The molecule has 0 aromatic carbocycles. The molecule has 0 N–H and O–H groups in total. The van der Waals surface area contributed by atoms with E-state index in [4.69, 9.17) is 9.47 Å². The molecule has 1 rings (SSSR count). The lowest BCUT2D eigenvalue weighted by Crippen LogP contribution is -2.02. The maximum atomic E-state index is 5.54. The second-order valence-electron chi connectivity index (χ2n) is 6.63. The van der Waals surface area contributed by atoms with E-state index in [1.54, 1.807) is 0 Å². The number of ether oxygens (including phenoxy) is 2. The highest BCUT2D eigenvalue weighted by atomic mass is 16.6. The van der Waals surface area contributed by atoms with Crippen LogP contribution in [0.2, 0.25) is 0 Å². The van der Waals surface area contributed by atoms with Crippen LogP contribution in [0.4, 0.5) is 0 Å². The van der Waals surface area contributed by atoms with Crippen molar-refractivity contribution in [3.05, 3.63) is 0 Å². The Kier molecular flexibility index (Phi) is 13.4. The van der Waals surface area contributed by atoms with Gasteiger partial charge in [-0.15, -0.1) is 0 Å². The first-order chi connectivity index (χ1) is 10.4. The molecule has 0 saturated carbocycles. The Morgan fingerprint density at radius 1 is 0.714 bits per heavy atom. The topological polar surface area (TPSA) is 21.8 Å². The molecule has 0 spiro atoms. The Bertz CT molecular complexity index is 202. The van der Waals surface area contributed by atoms with E-state index in [1.165, 1.54) is 89.9 Å². The second-order valence-corrected chi connectivity index (χ2v) is 6.63. The largest absolute Gasteiger partial charge is 0.379 e. The fourth-order valence-electron chi connectivity index (χ4n) is 2.78. The molecule has 2 heteroatoms. The van der Waals surface area contributed by atoms with Gasteiger partial charge in [0.2, 0.25) is 0 Å². The van der Waals surface area contributed by atoms with Crippen LogP contribution in [0.25, 0.3) is 0 Å². The molecular formula is C19H38O2. The van der Waals surface area contributed by atoms with Gasteiger partial charge in [0.05, 0.1) is 13.2 Å². The second kappa shape index (κ2) is 14.8. The molecule has 0 aliphatic carbocycles. The van der Waals surface area contributed by atoms with Crippen LogP contribution < -0.4 is 0 Å². The first kappa shape index (κ1) is 19.0. The Balaban J connectivity index is 1.59. The van der Waals surface area contributed by atoms with E-state index in [1.807, 2.05) is 0 Å². The Morgan fingerprint density at radius 3 is 1.57 bits per heavy atom. The van der Waals surface area contributed by atoms with Gasteiger partial charge >= 0.3 is 0 Å². The van der Waals surface area contributed by atoms with E-state index in [-0.39, 0.29) is 0 Å². The normalized spacial score (nSPS) is 17.3. The average Bonchev–Trinajstić information content (AvgIpc) is 3.31. The van der Waals surface area contributed by atoms with Gasteiger partial charge in [-0.2, -0.15) is 0 Å². The van der Waals surface area contributed by atoms with Crippen molar-refractivity contribution in [2.24, 2.45) is 0 Å². The first-order valence-corrected chi connectivity index (χ1v) is 9.63. The molecule has 1 heterocycles. The summed E-state index contributed by atoms with van der Waals surface area (Å²) in [4.78, 5) is 0. The summed E-state index contributed by atoms with van der Waals surface area (Å²) >= 11 is 0. The maximum absolute atomic E-state index is 5.54. The van der Waals surface area contributed by atoms with Crippen molar-refractivity contribution in [3.63, 3.8) is 0 Å². The fraction of sp³-hybridized carbons (Fsp3) is 1.00. The summed E-state index contributed by atoms with van der Waals surface area (Å²) in [6.45, 7) is 4.95. The summed E-state index contributed by atoms with van der Waals surface area (Å²) in [6.07, 6.45) is 20.2. The predicted molar refractivity (Wildman–Crippen MR) is 90.9 cm³/mol. The number of hydrogen-bond donors (Lipinski definition) is 0. The lowest BCUT2D eigenvalue weighted by Gasteiger charge is -2.04. The molecule has 0 aromatic heterocycles. The predicted octanol–water partition coefficient (Wildman–Crippen LogP) is 5.88. The van der Waals surface area contributed by atoms with E-state index in [2.05, 4.69) is 6.92 Å². The van der Waals surface area contributed by atoms with Gasteiger partial charge in [0.1, 0.15) is 6.10 Å². The quantitative estimate of drug-likeness (QED) is 0.247. The molecule has 0 aromatic rings. The summed E-state index contributed by atoms with van der Waals surface area (Å²) in [6, 6.07) is 0. The minimum atomic E-state index is 0.427. The number of epoxide rings is 1. The molecule has 126 valence electrons. The highest BCUT2D eigenvalue weighted by Crippen LogP contribution is 2.13. The molecule has 0 amide bonds. The van der Waals surface area contributed by atoms with Gasteiger partial charge < -0.3 is 9.47 Å². The van der Waals surface area contributed by atoms with Gasteiger partial charge in [-0.3, -0.25) is 0 Å². The molecule has 1 fully saturated rings. The summed E-state index contributed by atoms with van der Waals surface area (Å²) in [5, 5.41) is 0. The molecule has 1 saturated heterocycles. The zero-order valence-electron chi connectivity index (χ0n) is 14.4. The summed E-state index contributed by atoms with van der Waals surface area (Å²) in [5.74, 6) is 0. The van der Waals surface area contributed by atoms with E-state index in [9.17, 15) is 0 Å². The van der Waals surface area contributed by atoms with E-state index >= 15 is 0 Å². The summed E-state index contributed by atoms with van der Waals surface area (Å²) in [7, 11) is 0. The standard InChI is InChI=1S/C19H38O2/c1-2-3-4-5-6-7-8-9-10-11-12-13-14-15-16-20-17-19-18-21-19/h19H,2-18H2,1H3/t19-/m1/s1. The molecule has 1 aliphatic rings. The molecule has 1 atom stereocenters. The lowest BCUT2D eigenvalue weighted by molar-refractivity contribution is 0.113. The average molecular weight is 299 g/mol. The van der Waals surface area contributed by atoms with Gasteiger partial charge in [-0.1, -0.05) is 90.4 Å². The van der Waals surface area contributed by atoms with Gasteiger partial charge in [0.15, 0.2) is 0 Å². The van der Waals surface area contributed by atoms with Crippen LogP contribution in [-0.4, -0.2) is 25.9 Å². The number of unbranched alkanes of at least 4 members (excludes halogenated alkanes) is 13. The van der Waals surface area contributed by atoms with Crippen molar-refractivity contribution in [1.29, 1.82) is 0 Å². The van der Waals surface area contributed by atoms with E-state index in [0.717, 1.165) is 19.8 Å². The molecular weight excluding hydrogens is 260 g/mol. The summed E-state index contributed by atoms with van der Waals surface area (Å²) < 4.78 is 10.6. The van der Waals surface area contributed by atoms with Crippen LogP contribution in [0.15, 0.2) is 0 Å². The molecule has 2 nitrogen and oxygen atoms in total. The SMILES string of the molecule is CCCCCCCCCCCCCCCCOC[C@@H]1CO1. The van der Waals surface area contributed by atoms with Crippen molar-refractivity contribution in [3.8, 4) is 0 Å². The summed E-state index contributed by atoms with van der Waals surface area (Å²) in [5.41, 5.74) is 0. The van der Waals surface area contributed by atoms with Crippen LogP contribution in [0.1, 0.15) is 96.8 Å². The van der Waals surface area contributed by atoms with Crippen molar-refractivity contribution in [1.82, 2.24) is 0 Å². The monoisotopic (exact) mass is 298 g/mol. The third-order valence-electron chi connectivity index (χ3n) is 4.35. The highest BCUT2D eigenvalue weighted by Gasteiger charge is 2.21. The highest BCUT2D eigenvalue weighted by molar-refractivity contribution is 4.66. The lowest BCUT2D eigenvalue weighted by atomic mass is 10.0. The van der Waals surface area contributed by atoms with Gasteiger partial charge in [0, 0.05) is 6.61 Å². The third-order valence-corrected chi connectivity index (χ3v) is 4.35. The molecule has 0 radical (unpaired) electrons. The van der Waals surface area contributed by atoms with Crippen molar-refractivity contribution in [2.75, 3.05) is 19.8 Å². The van der Waals surface area contributed by atoms with Crippen LogP contribution in [-0.2, 0) is 9.47 Å². The zero-order chi connectivity index (χ0) is 15.0. The Labute approximate surface area is 133 Å². The maximum Gasteiger partial charge on any atom is 0.104 e. The fourth-order valence-corrected chi connectivity index (χ4v) is 2.78. The van der Waals surface area contributed by atoms with Crippen LogP contribution >= 0.6 is 0 Å². The van der Waals surface area contributed by atoms with Gasteiger partial charge in [-0.05, 0) is 6.42 Å². The Morgan fingerprint density at radius 2 is 1.14 bits per heavy atom. The van der Waals surface area contributed by atoms with Crippen LogP contribution in [0.3, 0.4) is 0 Å². The Hall–Kier alpha value is -0.0800. The smallest absolute Gasteiger partial charge is 0.104 e. The number of hydrogen-bond acceptors (Lipinski definition) is 2. The van der Waals surface area contributed by atoms with Crippen LogP contribution in [0, 0.1) is 0 Å². The van der Waals surface area contributed by atoms with Gasteiger partial charge in [-0.25, -0.2) is 0 Å². The van der Waals surface area contributed by atoms with Crippen molar-refractivity contribution >= 4 is 0 Å². The van der Waals surface area contributed by atoms with E-state index < -0.39 is 0 Å². The van der Waals surface area contributed by atoms with Crippen molar-refractivity contribution < 1.29 is 9.47 Å². The third kappa shape index (κ3) is 14.6. The minimum Gasteiger partial charge on any atom is -0.379 e. The molecule has 0 unspecified atom stereocenters. The van der Waals surface area contributed by atoms with Gasteiger partial charge in [0.25, 0.3) is 0 Å². The van der Waals surface area contributed by atoms with E-state index in [0.29, 0.717) is 6.10 Å². The van der Waals surface area contributed by atoms with Crippen molar-refractivity contribution in [2.45, 2.75) is 103 Å². The molecule has 0 bridgehead atoms. The minimum absolute atomic E-state index is 0.427. The first-order valence-electron chi connectivity index (χ1n) is 9.63. The zero-order valence-corrected chi connectivity index (χ0v) is 14.4. The molecule has 1 aliphatic heterocycles. The van der Waals surface area contributed by atoms with Crippen LogP contribution in [0.5, 0.6) is 0 Å². The number of rotatable bonds is 17. The molecule has 21 heavy (non-hydrogen) atoms.